The van der Waals surface area contributed by atoms with Crippen molar-refractivity contribution < 1.29 is 23.7 Å². The van der Waals surface area contributed by atoms with E-state index in [0.29, 0.717) is 48.4 Å². The number of nitriles is 1. The first-order chi connectivity index (χ1) is 16.6. The number of benzene rings is 2. The second-order valence-electron chi connectivity index (χ2n) is 8.70. The molecule has 6 nitrogen and oxygen atoms in total. The molecule has 3 rings (SSSR count). The number of carbonyl (C=O) groups excluding carboxylic acids is 1. The number of ether oxygens (including phenoxy) is 4. The molecule has 1 saturated heterocycles. The quantitative estimate of drug-likeness (QED) is 0.200. The summed E-state index contributed by atoms with van der Waals surface area (Å²) in [5, 5.41) is 9.43. The summed E-state index contributed by atoms with van der Waals surface area (Å²) in [4.78, 5) is 12.6. The second-order valence-corrected chi connectivity index (χ2v) is 8.70. The third kappa shape index (κ3) is 7.58. The molecule has 0 aromatic heterocycles. The van der Waals surface area contributed by atoms with Gasteiger partial charge < -0.3 is 18.9 Å². The topological polar surface area (TPSA) is 77.8 Å². The van der Waals surface area contributed by atoms with E-state index in [1.54, 1.807) is 24.3 Å². The van der Waals surface area contributed by atoms with Crippen molar-refractivity contribution in [3.63, 3.8) is 0 Å². The van der Waals surface area contributed by atoms with Crippen LogP contribution in [0.5, 0.6) is 11.5 Å². The fraction of sp³-hybridized carbons (Fsp3) is 0.500. The normalized spacial score (nSPS) is 17.7. The number of carbonyl (C=O) groups is 1. The monoisotopic (exact) mass is 465 g/mol. The van der Waals surface area contributed by atoms with Gasteiger partial charge in [-0.25, -0.2) is 4.79 Å². The van der Waals surface area contributed by atoms with Gasteiger partial charge in [0.1, 0.15) is 17.6 Å². The molecule has 182 valence electrons. The summed E-state index contributed by atoms with van der Waals surface area (Å²) in [6, 6.07) is 14.0. The Morgan fingerprint density at radius 3 is 2.38 bits per heavy atom. The van der Waals surface area contributed by atoms with E-state index in [9.17, 15) is 10.1 Å². The number of esters is 1. The summed E-state index contributed by atoms with van der Waals surface area (Å²) in [5.74, 6) is 0.763. The van der Waals surface area contributed by atoms with Crippen LogP contribution in [0.1, 0.15) is 86.6 Å². The lowest BCUT2D eigenvalue weighted by Gasteiger charge is -2.29. The van der Waals surface area contributed by atoms with Gasteiger partial charge in [0.05, 0.1) is 30.9 Å². The van der Waals surface area contributed by atoms with E-state index in [1.165, 1.54) is 25.3 Å². The minimum Gasteiger partial charge on any atom is -0.492 e. The molecule has 1 aliphatic heterocycles. The first kappa shape index (κ1) is 25.7. The molecule has 34 heavy (non-hydrogen) atoms. The molecule has 0 saturated carbocycles. The summed E-state index contributed by atoms with van der Waals surface area (Å²) >= 11 is 0. The third-order valence-electron chi connectivity index (χ3n) is 5.89. The summed E-state index contributed by atoms with van der Waals surface area (Å²) in [7, 11) is 0. The molecule has 0 N–H and O–H groups in total. The first-order valence-corrected chi connectivity index (χ1v) is 12.4. The maximum atomic E-state index is 12.6. The van der Waals surface area contributed by atoms with Crippen molar-refractivity contribution in [3.05, 3.63) is 59.2 Å². The molecule has 2 aromatic rings. The predicted molar refractivity (Wildman–Crippen MR) is 130 cm³/mol. The minimum atomic E-state index is -0.492. The highest BCUT2D eigenvalue weighted by Gasteiger charge is 2.23. The average molecular weight is 466 g/mol. The smallest absolute Gasteiger partial charge is 0.343 e. The highest BCUT2D eigenvalue weighted by molar-refractivity contribution is 5.91. The number of hydrogen-bond donors (Lipinski definition) is 0. The van der Waals surface area contributed by atoms with Crippen molar-refractivity contribution in [1.29, 1.82) is 5.26 Å². The van der Waals surface area contributed by atoms with Gasteiger partial charge in [-0.1, -0.05) is 58.1 Å². The Hall–Kier alpha value is -2.88. The summed E-state index contributed by atoms with van der Waals surface area (Å²) in [6.07, 6.45) is 7.50. The molecule has 1 heterocycles. The first-order valence-electron chi connectivity index (χ1n) is 12.4. The van der Waals surface area contributed by atoms with Gasteiger partial charge in [-0.3, -0.25) is 0 Å². The van der Waals surface area contributed by atoms with Gasteiger partial charge in [-0.05, 0) is 37.1 Å². The lowest BCUT2D eigenvalue weighted by atomic mass is 10.0. The van der Waals surface area contributed by atoms with Crippen LogP contribution in [0.3, 0.4) is 0 Å². The third-order valence-corrected chi connectivity index (χ3v) is 5.89. The van der Waals surface area contributed by atoms with Crippen molar-refractivity contribution in [3.8, 4) is 17.6 Å². The Labute approximate surface area is 202 Å². The zero-order valence-electron chi connectivity index (χ0n) is 20.3. The van der Waals surface area contributed by atoms with Gasteiger partial charge >= 0.3 is 5.97 Å². The largest absolute Gasteiger partial charge is 0.492 e. The molecule has 6 heteroatoms. The fourth-order valence-electron chi connectivity index (χ4n) is 3.85. The van der Waals surface area contributed by atoms with E-state index < -0.39 is 12.3 Å². The number of unbranched alkanes of at least 4 members (excludes halogenated alkanes) is 4. The van der Waals surface area contributed by atoms with Crippen LogP contribution in [-0.2, 0) is 9.47 Å². The zero-order valence-corrected chi connectivity index (χ0v) is 20.3. The molecule has 0 amide bonds. The van der Waals surface area contributed by atoms with Crippen LogP contribution in [0, 0.1) is 17.2 Å². The van der Waals surface area contributed by atoms with Crippen molar-refractivity contribution >= 4 is 5.97 Å². The molecule has 1 fully saturated rings. The standard InChI is InChI=1S/C28H35NO5/c1-3-5-7-9-21-19-32-28(33-20-21)23-12-10-22(11-13-23)27(30)34-25-14-15-26(24(17-25)18-29)31-16-8-6-4-2/h10-15,17,21,28H,3-9,16,19-20H2,1-2H3. The average Bonchev–Trinajstić information content (AvgIpc) is 2.88. The molecule has 1 aliphatic rings. The number of hydrogen-bond acceptors (Lipinski definition) is 6. The summed E-state index contributed by atoms with van der Waals surface area (Å²) in [6.45, 7) is 6.27. The van der Waals surface area contributed by atoms with Crippen molar-refractivity contribution in [2.45, 2.75) is 65.1 Å². The van der Waals surface area contributed by atoms with E-state index in [-0.39, 0.29) is 0 Å². The van der Waals surface area contributed by atoms with Crippen molar-refractivity contribution in [1.82, 2.24) is 0 Å². The van der Waals surface area contributed by atoms with Gasteiger partial charge in [0.25, 0.3) is 0 Å². The van der Waals surface area contributed by atoms with Crippen LogP contribution in [0.2, 0.25) is 0 Å². The molecule has 0 atom stereocenters. The molecular weight excluding hydrogens is 430 g/mol. The van der Waals surface area contributed by atoms with E-state index in [1.807, 2.05) is 12.1 Å². The number of rotatable bonds is 12. The molecule has 2 aromatic carbocycles. The Morgan fingerprint density at radius 2 is 1.71 bits per heavy atom. The molecular formula is C28H35NO5. The van der Waals surface area contributed by atoms with E-state index in [2.05, 4.69) is 19.9 Å². The lowest BCUT2D eigenvalue weighted by Crippen LogP contribution is -2.27. The zero-order chi connectivity index (χ0) is 24.2. The van der Waals surface area contributed by atoms with Crippen LogP contribution in [-0.4, -0.2) is 25.8 Å². The van der Waals surface area contributed by atoms with Crippen LogP contribution >= 0.6 is 0 Å². The molecule has 0 unspecified atom stereocenters. The Balaban J connectivity index is 1.52. The lowest BCUT2D eigenvalue weighted by molar-refractivity contribution is -0.206. The van der Waals surface area contributed by atoms with Crippen molar-refractivity contribution in [2.24, 2.45) is 5.92 Å². The minimum absolute atomic E-state index is 0.305. The maximum absolute atomic E-state index is 12.6. The van der Waals surface area contributed by atoms with Crippen LogP contribution in [0.4, 0.5) is 0 Å². The highest BCUT2D eigenvalue weighted by Crippen LogP contribution is 2.28. The van der Waals surface area contributed by atoms with Gasteiger partial charge in [0.15, 0.2) is 6.29 Å². The Kier molecular flexibility index (Phi) is 10.4. The summed E-state index contributed by atoms with van der Waals surface area (Å²) in [5.41, 5.74) is 1.63. The summed E-state index contributed by atoms with van der Waals surface area (Å²) < 4.78 is 23.0. The van der Waals surface area contributed by atoms with Gasteiger partial charge in [0.2, 0.25) is 0 Å². The van der Waals surface area contributed by atoms with Gasteiger partial charge in [0, 0.05) is 17.5 Å². The van der Waals surface area contributed by atoms with E-state index in [0.717, 1.165) is 31.2 Å². The van der Waals surface area contributed by atoms with E-state index >= 15 is 0 Å². The van der Waals surface area contributed by atoms with Crippen LogP contribution in [0.25, 0.3) is 0 Å². The Bertz CT molecular complexity index is 942. The Morgan fingerprint density at radius 1 is 1.00 bits per heavy atom. The van der Waals surface area contributed by atoms with Crippen molar-refractivity contribution in [2.75, 3.05) is 19.8 Å². The number of nitrogens with zero attached hydrogens (tertiary/aromatic N) is 1. The maximum Gasteiger partial charge on any atom is 0.343 e. The SMILES string of the molecule is CCCCCOc1ccc(OC(=O)c2ccc(C3OCC(CCCCC)CO3)cc2)cc1C#N. The fourth-order valence-corrected chi connectivity index (χ4v) is 3.85. The molecule has 0 bridgehead atoms. The molecule has 0 radical (unpaired) electrons. The second kappa shape index (κ2) is 13.7. The highest BCUT2D eigenvalue weighted by atomic mass is 16.7. The van der Waals surface area contributed by atoms with Crippen LogP contribution < -0.4 is 9.47 Å². The molecule has 0 aliphatic carbocycles. The predicted octanol–water partition coefficient (Wildman–Crippen LogP) is 6.59. The van der Waals surface area contributed by atoms with Crippen LogP contribution in [0.15, 0.2) is 42.5 Å². The van der Waals surface area contributed by atoms with Gasteiger partial charge in [-0.15, -0.1) is 0 Å². The van der Waals surface area contributed by atoms with Gasteiger partial charge in [-0.2, -0.15) is 5.26 Å². The molecule has 0 spiro atoms. The van der Waals surface area contributed by atoms with E-state index in [4.69, 9.17) is 18.9 Å².